The fourth-order valence-electron chi connectivity index (χ4n) is 2.76. The zero-order chi connectivity index (χ0) is 19.9. The SMILES string of the molecule is C=CC(=O)NCCN1CCN(C(=O)CCc2ccc(C(F)(F)F)cn2)CC1. The number of piperazine rings is 1. The molecule has 0 unspecified atom stereocenters. The molecule has 2 rings (SSSR count). The molecule has 1 fully saturated rings. The van der Waals surface area contributed by atoms with Crippen LogP contribution < -0.4 is 5.32 Å². The van der Waals surface area contributed by atoms with Gasteiger partial charge in [0, 0.05) is 57.6 Å². The summed E-state index contributed by atoms with van der Waals surface area (Å²) in [7, 11) is 0. The average molecular weight is 384 g/mol. The van der Waals surface area contributed by atoms with Crippen LogP contribution in [0.5, 0.6) is 0 Å². The number of amides is 2. The van der Waals surface area contributed by atoms with E-state index in [1.165, 1.54) is 12.1 Å². The summed E-state index contributed by atoms with van der Waals surface area (Å²) in [4.78, 5) is 31.1. The third-order valence-corrected chi connectivity index (χ3v) is 4.38. The molecule has 2 heterocycles. The van der Waals surface area contributed by atoms with E-state index in [0.29, 0.717) is 51.4 Å². The number of pyridine rings is 1. The van der Waals surface area contributed by atoms with Gasteiger partial charge < -0.3 is 10.2 Å². The van der Waals surface area contributed by atoms with Crippen molar-refractivity contribution in [1.29, 1.82) is 0 Å². The van der Waals surface area contributed by atoms with E-state index in [1.807, 2.05) is 0 Å². The summed E-state index contributed by atoms with van der Waals surface area (Å²) in [5.41, 5.74) is -0.328. The first-order valence-corrected chi connectivity index (χ1v) is 8.72. The van der Waals surface area contributed by atoms with Gasteiger partial charge in [0.2, 0.25) is 11.8 Å². The number of rotatable bonds is 7. The van der Waals surface area contributed by atoms with Crippen molar-refractivity contribution < 1.29 is 22.8 Å². The largest absolute Gasteiger partial charge is 0.417 e. The lowest BCUT2D eigenvalue weighted by Crippen LogP contribution is -2.50. The molecule has 2 amide bonds. The Bertz CT molecular complexity index is 654. The topological polar surface area (TPSA) is 65.5 Å². The number of alkyl halides is 3. The zero-order valence-corrected chi connectivity index (χ0v) is 15.0. The maximum Gasteiger partial charge on any atom is 0.417 e. The summed E-state index contributed by atoms with van der Waals surface area (Å²) in [6, 6.07) is 2.29. The zero-order valence-electron chi connectivity index (χ0n) is 15.0. The first-order chi connectivity index (χ1) is 12.8. The second kappa shape index (κ2) is 9.50. The van der Waals surface area contributed by atoms with Crippen molar-refractivity contribution in [1.82, 2.24) is 20.1 Å². The monoisotopic (exact) mass is 384 g/mol. The average Bonchev–Trinajstić information content (AvgIpc) is 2.66. The van der Waals surface area contributed by atoms with Crippen LogP contribution in [0, 0.1) is 0 Å². The summed E-state index contributed by atoms with van der Waals surface area (Å²) in [6.45, 7) is 7.23. The maximum atomic E-state index is 12.5. The number of aromatic nitrogens is 1. The molecule has 0 aliphatic carbocycles. The summed E-state index contributed by atoms with van der Waals surface area (Å²) in [6.07, 6.45) is -1.86. The molecular weight excluding hydrogens is 361 g/mol. The van der Waals surface area contributed by atoms with Crippen LogP contribution >= 0.6 is 0 Å². The number of nitrogens with one attached hydrogen (secondary N) is 1. The molecule has 148 valence electrons. The first-order valence-electron chi connectivity index (χ1n) is 8.72. The van der Waals surface area contributed by atoms with Crippen molar-refractivity contribution in [2.75, 3.05) is 39.3 Å². The van der Waals surface area contributed by atoms with Crippen LogP contribution in [0.25, 0.3) is 0 Å². The summed E-state index contributed by atoms with van der Waals surface area (Å²) >= 11 is 0. The predicted octanol–water partition coefficient (Wildman–Crippen LogP) is 1.48. The molecule has 0 atom stereocenters. The number of hydrogen-bond acceptors (Lipinski definition) is 4. The molecule has 1 N–H and O–H groups in total. The summed E-state index contributed by atoms with van der Waals surface area (Å²) in [5.74, 6) is -0.239. The molecule has 0 bridgehead atoms. The molecule has 1 aromatic heterocycles. The number of carbonyl (C=O) groups excluding carboxylic acids is 2. The second-order valence-electron chi connectivity index (χ2n) is 6.25. The second-order valence-corrected chi connectivity index (χ2v) is 6.25. The third-order valence-electron chi connectivity index (χ3n) is 4.38. The molecule has 0 aromatic carbocycles. The van der Waals surface area contributed by atoms with E-state index in [2.05, 4.69) is 21.8 Å². The van der Waals surface area contributed by atoms with Crippen molar-refractivity contribution in [3.8, 4) is 0 Å². The predicted molar refractivity (Wildman–Crippen MR) is 93.8 cm³/mol. The van der Waals surface area contributed by atoms with Gasteiger partial charge in [0.25, 0.3) is 0 Å². The number of nitrogens with zero attached hydrogens (tertiary/aromatic N) is 3. The van der Waals surface area contributed by atoms with Crippen molar-refractivity contribution in [2.45, 2.75) is 19.0 Å². The quantitative estimate of drug-likeness (QED) is 0.724. The molecule has 1 aliphatic rings. The standard InChI is InChI=1S/C18H23F3N4O2/c1-2-16(26)22-7-8-24-9-11-25(12-10-24)17(27)6-5-15-4-3-14(13-23-15)18(19,20)21/h2-4,13H,1,5-12H2,(H,22,26). The molecule has 0 saturated carbocycles. The Morgan fingerprint density at radius 3 is 2.48 bits per heavy atom. The van der Waals surface area contributed by atoms with Gasteiger partial charge in [-0.3, -0.25) is 19.5 Å². The van der Waals surface area contributed by atoms with Gasteiger partial charge in [-0.2, -0.15) is 13.2 Å². The van der Waals surface area contributed by atoms with Gasteiger partial charge in [-0.15, -0.1) is 0 Å². The van der Waals surface area contributed by atoms with Gasteiger partial charge in [-0.25, -0.2) is 0 Å². The van der Waals surface area contributed by atoms with Crippen molar-refractivity contribution >= 4 is 11.8 Å². The van der Waals surface area contributed by atoms with Gasteiger partial charge in [0.05, 0.1) is 5.56 Å². The Kier molecular flexibility index (Phi) is 7.35. The maximum absolute atomic E-state index is 12.5. The van der Waals surface area contributed by atoms with Gasteiger partial charge in [0.1, 0.15) is 0 Å². The summed E-state index contributed by atoms with van der Waals surface area (Å²) in [5, 5.41) is 2.71. The van der Waals surface area contributed by atoms with Crippen molar-refractivity contribution in [3.63, 3.8) is 0 Å². The van der Waals surface area contributed by atoms with E-state index in [4.69, 9.17) is 0 Å². The highest BCUT2D eigenvalue weighted by molar-refractivity contribution is 5.86. The van der Waals surface area contributed by atoms with E-state index in [1.54, 1.807) is 4.90 Å². The number of carbonyl (C=O) groups is 2. The van der Waals surface area contributed by atoms with Gasteiger partial charge in [0.15, 0.2) is 0 Å². The van der Waals surface area contributed by atoms with Crippen molar-refractivity contribution in [2.24, 2.45) is 0 Å². The number of hydrogen-bond donors (Lipinski definition) is 1. The molecule has 27 heavy (non-hydrogen) atoms. The molecule has 0 spiro atoms. The number of halogens is 3. The Hall–Kier alpha value is -2.42. The molecule has 1 aromatic rings. The van der Waals surface area contributed by atoms with Crippen LogP contribution in [0.15, 0.2) is 31.0 Å². The minimum absolute atomic E-state index is 0.0312. The Labute approximate surface area is 156 Å². The minimum Gasteiger partial charge on any atom is -0.351 e. The van der Waals surface area contributed by atoms with E-state index in [0.717, 1.165) is 12.3 Å². The third kappa shape index (κ3) is 6.67. The highest BCUT2D eigenvalue weighted by Crippen LogP contribution is 2.28. The van der Waals surface area contributed by atoms with Gasteiger partial charge in [-0.05, 0) is 24.6 Å². The lowest BCUT2D eigenvalue weighted by atomic mass is 10.1. The fraction of sp³-hybridized carbons (Fsp3) is 0.500. The van der Waals surface area contributed by atoms with E-state index < -0.39 is 11.7 Å². The molecule has 1 aliphatic heterocycles. The van der Waals surface area contributed by atoms with Crippen LogP contribution in [0.1, 0.15) is 17.7 Å². The van der Waals surface area contributed by atoms with Crippen LogP contribution in [-0.4, -0.2) is 65.9 Å². The van der Waals surface area contributed by atoms with Crippen LogP contribution in [0.2, 0.25) is 0 Å². The highest BCUT2D eigenvalue weighted by Gasteiger charge is 2.30. The highest BCUT2D eigenvalue weighted by atomic mass is 19.4. The van der Waals surface area contributed by atoms with E-state index in [9.17, 15) is 22.8 Å². The van der Waals surface area contributed by atoms with Crippen LogP contribution in [0.3, 0.4) is 0 Å². The Balaban J connectivity index is 1.70. The van der Waals surface area contributed by atoms with Gasteiger partial charge >= 0.3 is 6.18 Å². The van der Waals surface area contributed by atoms with Crippen LogP contribution in [-0.2, 0) is 22.2 Å². The van der Waals surface area contributed by atoms with Crippen molar-refractivity contribution in [3.05, 3.63) is 42.2 Å². The molecule has 1 saturated heterocycles. The fourth-order valence-corrected chi connectivity index (χ4v) is 2.76. The summed E-state index contributed by atoms with van der Waals surface area (Å²) < 4.78 is 37.5. The first kappa shape index (κ1) is 20.9. The minimum atomic E-state index is -4.41. The van der Waals surface area contributed by atoms with E-state index in [-0.39, 0.29) is 18.2 Å². The lowest BCUT2D eigenvalue weighted by Gasteiger charge is -2.34. The Morgan fingerprint density at radius 2 is 1.93 bits per heavy atom. The number of aryl methyl sites for hydroxylation is 1. The normalized spacial score (nSPS) is 15.4. The molecular formula is C18H23F3N4O2. The Morgan fingerprint density at radius 1 is 1.22 bits per heavy atom. The van der Waals surface area contributed by atoms with Crippen LogP contribution in [0.4, 0.5) is 13.2 Å². The molecule has 6 nitrogen and oxygen atoms in total. The van der Waals surface area contributed by atoms with Gasteiger partial charge in [-0.1, -0.05) is 6.58 Å². The molecule has 0 radical (unpaired) electrons. The lowest BCUT2D eigenvalue weighted by molar-refractivity contribution is -0.138. The molecule has 9 heteroatoms. The van der Waals surface area contributed by atoms with E-state index >= 15 is 0 Å². The smallest absolute Gasteiger partial charge is 0.351 e.